The fourth-order valence-corrected chi connectivity index (χ4v) is 22.5. The second-order valence-corrected chi connectivity index (χ2v) is 41.7. The first-order valence-corrected chi connectivity index (χ1v) is 52.8. The number of methoxy groups -OCH3 is 4. The van der Waals surface area contributed by atoms with E-state index in [-0.39, 0.29) is 137 Å². The highest BCUT2D eigenvalue weighted by Crippen LogP contribution is 2.45. The Balaban J connectivity index is 0.000000167. The van der Waals surface area contributed by atoms with Crippen molar-refractivity contribution in [1.29, 1.82) is 0 Å². The lowest BCUT2D eigenvalue weighted by Crippen LogP contribution is -2.57. The average molecular weight is 2260 g/mol. The van der Waals surface area contributed by atoms with Crippen LogP contribution in [0.2, 0.25) is 20.1 Å². The molecule has 8 N–H and O–H groups in total. The van der Waals surface area contributed by atoms with Gasteiger partial charge in [0.05, 0.1) is 101 Å². The zero-order valence-corrected chi connectivity index (χ0v) is 88.4. The normalized spacial score (nSPS) is 21.2. The van der Waals surface area contributed by atoms with Crippen LogP contribution in [0.25, 0.3) is 0 Å². The van der Waals surface area contributed by atoms with Crippen LogP contribution in [0.5, 0.6) is 0 Å². The molecule has 4 aromatic heterocycles. The van der Waals surface area contributed by atoms with Gasteiger partial charge in [0.2, 0.25) is 0 Å². The molecule has 0 radical (unpaired) electrons. The average Bonchev–Trinajstić information content (AvgIpc) is 1.67. The number of hydrogen-bond acceptors (Lipinski definition) is 36. The van der Waals surface area contributed by atoms with Crippen molar-refractivity contribution in [2.45, 2.75) is 132 Å². The van der Waals surface area contributed by atoms with Crippen molar-refractivity contribution in [3.05, 3.63) is 250 Å². The van der Waals surface area contributed by atoms with E-state index in [0.717, 1.165) is 37.3 Å². The molecule has 4 aromatic carbocycles. The molecule has 10 atom stereocenters. The van der Waals surface area contributed by atoms with Crippen molar-refractivity contribution < 1.29 is 127 Å². The summed E-state index contributed by atoms with van der Waals surface area (Å²) in [6.45, 7) is 8.87. The highest BCUT2D eigenvalue weighted by Gasteiger charge is 2.49. The SMILES string of the molecule is COC(=O)C1=C(CN2CCOCC2C(F)(F)CC(=O)O)NC(c2nccs2)=N[C@H]1c1ccc(F)cc1Cl.COC(=O)C1=C(CN2CCO[C@H](C(C)C)[C@H]2CC(C)C(=O)O)NC(c2nccs2)=N[C@H]1c1ccc(F)cc1Cl.COC(=O)C1=C(CN2CCO[C@H](CCC(F)(F)CC(=O)O)C2)NC(c2nccs2)=N[C@H]1c1ccc(F)cc1Cl.COC(=O)C1=C(CN2CCSC[C@H]2CCC(=O)O)NC(c2nccs2)=N[C@H]1c1ccc(F)cc1Cl. The number of nitrogens with zero attached hydrogens (tertiary/aromatic N) is 12. The summed E-state index contributed by atoms with van der Waals surface area (Å²) in [7, 11) is 4.98. The molecule has 0 bridgehead atoms. The first-order valence-electron chi connectivity index (χ1n) is 46.6. The first kappa shape index (κ1) is 116. The summed E-state index contributed by atoms with van der Waals surface area (Å²) in [4.78, 5) is 141. The largest absolute Gasteiger partial charge is 0.481 e. The first-order chi connectivity index (χ1) is 71.6. The van der Waals surface area contributed by atoms with Crippen LogP contribution in [0.1, 0.15) is 132 Å². The fourth-order valence-electron chi connectivity index (χ4n) is 17.8. The minimum absolute atomic E-state index is 0.00660. The maximum atomic E-state index is 14.9. The van der Waals surface area contributed by atoms with E-state index in [1.807, 2.05) is 29.5 Å². The number of carboxylic acids is 4. The second kappa shape index (κ2) is 53.3. The molecule has 12 heterocycles. The third kappa shape index (κ3) is 30.0. The van der Waals surface area contributed by atoms with Crippen LogP contribution in [-0.4, -0.2) is 299 Å². The number of esters is 4. The summed E-state index contributed by atoms with van der Waals surface area (Å²) >= 11 is 32.7. The number of amidine groups is 4. The van der Waals surface area contributed by atoms with Crippen LogP contribution >= 0.6 is 104 Å². The lowest BCUT2D eigenvalue weighted by Gasteiger charge is -2.44. The minimum atomic E-state index is -3.61. The topological polar surface area (TPSA) is 444 Å². The molecule has 0 aliphatic carbocycles. The Hall–Kier alpha value is -11.3. The number of aliphatic imine (C=N–C) groups is 4. The Morgan fingerprint density at radius 1 is 0.480 bits per heavy atom. The number of carbonyl (C=O) groups excluding carboxylic acids is 4. The van der Waals surface area contributed by atoms with Crippen LogP contribution < -0.4 is 21.3 Å². The Morgan fingerprint density at radius 3 is 1.22 bits per heavy atom. The van der Waals surface area contributed by atoms with E-state index in [1.54, 1.807) is 54.2 Å². The summed E-state index contributed by atoms with van der Waals surface area (Å²) < 4.78 is 150. The maximum Gasteiger partial charge on any atom is 0.338 e. The molecule has 804 valence electrons. The highest BCUT2D eigenvalue weighted by molar-refractivity contribution is 7.99. The van der Waals surface area contributed by atoms with Gasteiger partial charge in [-0.15, -0.1) is 45.3 Å². The van der Waals surface area contributed by atoms with Gasteiger partial charge in [-0.25, -0.2) is 74.2 Å². The Labute approximate surface area is 895 Å². The molecular formula is C98H104Cl4F8N16O19S5. The summed E-state index contributed by atoms with van der Waals surface area (Å²) in [6, 6.07) is 9.97. The predicted molar refractivity (Wildman–Crippen MR) is 547 cm³/mol. The number of alkyl halides is 4. The number of hydrogen-bond donors (Lipinski definition) is 8. The highest BCUT2D eigenvalue weighted by atomic mass is 35.5. The van der Waals surface area contributed by atoms with E-state index in [9.17, 15) is 83.7 Å². The van der Waals surface area contributed by atoms with Crippen molar-refractivity contribution in [2.75, 3.05) is 125 Å². The molecule has 0 amide bonds. The van der Waals surface area contributed by atoms with Gasteiger partial charge in [0, 0.05) is 207 Å². The number of rotatable bonds is 35. The van der Waals surface area contributed by atoms with Crippen LogP contribution in [0.4, 0.5) is 35.1 Å². The fraction of sp³-hybridized carbons (Fsp3) is 0.429. The number of ether oxygens (including phenoxy) is 7. The second-order valence-electron chi connectivity index (χ2n) is 35.4. The number of benzene rings is 4. The number of thioether (sulfide) groups is 1. The van der Waals surface area contributed by atoms with Crippen molar-refractivity contribution in [3.8, 4) is 0 Å². The van der Waals surface area contributed by atoms with Crippen LogP contribution in [0, 0.1) is 35.1 Å². The van der Waals surface area contributed by atoms with Gasteiger partial charge in [-0.3, -0.25) is 58.7 Å². The molecule has 0 saturated carbocycles. The summed E-state index contributed by atoms with van der Waals surface area (Å²) in [6.07, 6.45) is 3.38. The van der Waals surface area contributed by atoms with Gasteiger partial charge in [0.15, 0.2) is 43.4 Å². The quantitative estimate of drug-likeness (QED) is 0.0104. The third-order valence-corrected chi connectivity index (χ3v) is 30.5. The molecule has 4 saturated heterocycles. The van der Waals surface area contributed by atoms with Gasteiger partial charge >= 0.3 is 47.8 Å². The van der Waals surface area contributed by atoms with E-state index in [0.29, 0.717) is 116 Å². The van der Waals surface area contributed by atoms with Gasteiger partial charge in [-0.2, -0.15) is 11.8 Å². The molecule has 0 spiro atoms. The van der Waals surface area contributed by atoms with E-state index in [4.69, 9.17) is 99.8 Å². The van der Waals surface area contributed by atoms with Crippen molar-refractivity contribution in [2.24, 2.45) is 31.8 Å². The van der Waals surface area contributed by atoms with Gasteiger partial charge in [0.1, 0.15) is 60.3 Å². The summed E-state index contributed by atoms with van der Waals surface area (Å²) in [5.74, 6) is -13.8. The van der Waals surface area contributed by atoms with Crippen LogP contribution in [0.3, 0.4) is 0 Å². The van der Waals surface area contributed by atoms with Gasteiger partial charge in [-0.05, 0) is 73.7 Å². The smallest absolute Gasteiger partial charge is 0.338 e. The number of aliphatic carboxylic acids is 4. The van der Waals surface area contributed by atoms with Gasteiger partial charge in [-0.1, -0.05) is 91.4 Å². The number of aromatic nitrogens is 4. The standard InChI is InChI=1S/C27H32ClFN4O5S.C25H26ClF3N4O5S.C23H22ClF3N4O5S.C23H24ClFN4O4S2/c1-14(2)23-20(11-15(3)26(34)35)33(8-9-38-23)13-19-21(27(36)37-4)22(17-6-5-16(29)12-18(17)28)32-24(31-19)25-30-7-10-39-25;1-37-24(36)20-18(13-33-7-8-38-15(12-33)4-5-25(28,29)11-19(34)35)31-22(23-30-6-9-39-23)32-21(20)16-3-2-14(27)10-17(16)26;1-35-22(34)18-15(10-31-5-6-36-11-16(31)23(26,27)9-17(32)33)29-20(21-28-4-7-37-21)30-19(18)13-3-2-12(25)8-14(13)24;1-33-23(32)19-17(11-29-7-9-34-12-14(29)3-5-18(30)31)27-21(22-26-6-8-35-22)28-20(19)15-4-2-13(25)10-16(15)24/h5-7,10,12,14-15,20,22-23H,8-9,11,13H2,1-4H3,(H,31,32)(H,34,35);2-3,6,9-10,15,21H,4-5,7-8,11-13H2,1H3,(H,31,32)(H,34,35);2-4,7-8,16,19H,5-6,9-11H2,1H3,(H,29,30)(H,32,33);2,4,6,8,10,14,20H,3,5,7,9,11-12H2,1H3,(H,27,28)(H,30,31)/t15?,20-,22+,23-;15-,21+;16?,19-;14-,20+/m1101/s1. The van der Waals surface area contributed by atoms with Gasteiger partial charge in [0.25, 0.3) is 11.8 Å². The summed E-state index contributed by atoms with van der Waals surface area (Å²) in [5, 5.41) is 59.1. The van der Waals surface area contributed by atoms with Crippen LogP contribution in [-0.2, 0) is 71.5 Å². The molecule has 4 fully saturated rings. The van der Waals surface area contributed by atoms with Crippen molar-refractivity contribution >= 4 is 175 Å². The predicted octanol–water partition coefficient (Wildman–Crippen LogP) is 15.3. The molecule has 16 rings (SSSR count). The van der Waals surface area contributed by atoms with Crippen molar-refractivity contribution in [1.82, 2.24) is 60.8 Å². The zero-order chi connectivity index (χ0) is 108. The minimum Gasteiger partial charge on any atom is -0.481 e. The molecule has 150 heavy (non-hydrogen) atoms. The lowest BCUT2D eigenvalue weighted by molar-refractivity contribution is -0.162. The third-order valence-electron chi connectivity index (χ3n) is 25.0. The number of carbonyl (C=O) groups is 8. The maximum absolute atomic E-state index is 14.9. The lowest BCUT2D eigenvalue weighted by atomic mass is 9.89. The monoisotopic (exact) mass is 2260 g/mol. The van der Waals surface area contributed by atoms with E-state index in [1.165, 1.54) is 132 Å². The Bertz CT molecular complexity index is 6460. The molecule has 8 aliphatic heterocycles. The van der Waals surface area contributed by atoms with Crippen LogP contribution in [0.15, 0.2) is 184 Å². The molecule has 35 nitrogen and oxygen atoms in total. The number of nitrogens with one attached hydrogen (secondary N) is 4. The number of halogens is 12. The van der Waals surface area contributed by atoms with Crippen molar-refractivity contribution in [3.63, 3.8) is 0 Å². The summed E-state index contributed by atoms with van der Waals surface area (Å²) in [5.41, 5.74) is 4.03. The Kier molecular flexibility index (Phi) is 41.1. The number of morpholine rings is 3. The van der Waals surface area contributed by atoms with E-state index in [2.05, 4.69) is 61.0 Å². The molecule has 8 aliphatic rings. The molecular weight excluding hydrogens is 2160 g/mol. The van der Waals surface area contributed by atoms with Gasteiger partial charge < -0.3 is 74.9 Å². The molecule has 8 aromatic rings. The number of carboxylic acid groups (broad SMARTS) is 4. The number of thiazole rings is 4. The van der Waals surface area contributed by atoms with E-state index >= 15 is 0 Å². The molecule has 52 heteroatoms. The van der Waals surface area contributed by atoms with E-state index < -0.39 is 151 Å². The molecule has 2 unspecified atom stereocenters. The zero-order valence-electron chi connectivity index (χ0n) is 81.3. The Morgan fingerprint density at radius 2 is 0.860 bits per heavy atom.